The first-order valence-corrected chi connectivity index (χ1v) is 15.7. The summed E-state index contributed by atoms with van der Waals surface area (Å²) < 4.78 is 31.5. The van der Waals surface area contributed by atoms with Crippen LogP contribution < -0.4 is 0 Å². The fourth-order valence-electron chi connectivity index (χ4n) is 8.02. The molecule has 4 aliphatic rings. The highest BCUT2D eigenvalue weighted by molar-refractivity contribution is 7.89. The van der Waals surface area contributed by atoms with Gasteiger partial charge >= 0.3 is 0 Å². The molecule has 2 saturated heterocycles. The zero-order valence-corrected chi connectivity index (χ0v) is 22.8. The number of hydrogen-bond donors (Lipinski definition) is 1. The Morgan fingerprint density at radius 2 is 1.74 bits per heavy atom. The Bertz CT molecular complexity index is 971. The van der Waals surface area contributed by atoms with Gasteiger partial charge in [-0.05, 0) is 94.1 Å². The van der Waals surface area contributed by atoms with Crippen LogP contribution >= 0.6 is 0 Å². The van der Waals surface area contributed by atoms with E-state index in [0.29, 0.717) is 30.8 Å². The minimum Gasteiger partial charge on any atom is -0.395 e. The van der Waals surface area contributed by atoms with Crippen molar-refractivity contribution < 1.29 is 13.5 Å². The first-order chi connectivity index (χ1) is 16.8. The van der Waals surface area contributed by atoms with E-state index in [4.69, 9.17) is 0 Å². The molecule has 2 aliphatic carbocycles. The van der Waals surface area contributed by atoms with Crippen LogP contribution in [0.2, 0.25) is 0 Å². The molecule has 0 aromatic carbocycles. The van der Waals surface area contributed by atoms with Crippen LogP contribution in [0.3, 0.4) is 0 Å². The lowest BCUT2D eigenvalue weighted by molar-refractivity contribution is -0.121. The normalized spacial score (nSPS) is 37.8. The third-order valence-electron chi connectivity index (χ3n) is 10.2. The summed E-state index contributed by atoms with van der Waals surface area (Å²) in [6.45, 7) is 6.76. The zero-order valence-electron chi connectivity index (χ0n) is 22.0. The van der Waals surface area contributed by atoms with E-state index in [-0.39, 0.29) is 29.9 Å². The number of rotatable bonds is 5. The summed E-state index contributed by atoms with van der Waals surface area (Å²) in [6.07, 6.45) is 12.7. The van der Waals surface area contributed by atoms with E-state index < -0.39 is 10.0 Å². The number of sulfonamides is 1. The Labute approximate surface area is 212 Å². The minimum absolute atomic E-state index is 0.190. The van der Waals surface area contributed by atoms with Crippen molar-refractivity contribution >= 4 is 10.0 Å². The van der Waals surface area contributed by atoms with Crippen LogP contribution in [0.1, 0.15) is 88.3 Å². The number of aliphatic hydroxyl groups is 1. The van der Waals surface area contributed by atoms with Gasteiger partial charge in [0.05, 0.1) is 18.1 Å². The van der Waals surface area contributed by atoms with E-state index in [1.165, 1.54) is 24.1 Å². The van der Waals surface area contributed by atoms with Crippen LogP contribution in [0.15, 0.2) is 6.20 Å². The lowest BCUT2D eigenvalue weighted by Crippen LogP contribution is -2.71. The summed E-state index contributed by atoms with van der Waals surface area (Å²) in [6, 6.07) is 0.445. The fourth-order valence-corrected chi connectivity index (χ4v) is 10.3. The SMILES string of the molecule is Cc1c(C2CCC([C@H]3C4CN(S(=O)(=O)C5CCCCC5C)CCCCN4[C@@H]3CO)CC2)cnn1C. The highest BCUT2D eigenvalue weighted by Crippen LogP contribution is 2.48. The van der Waals surface area contributed by atoms with Crippen molar-refractivity contribution in [1.29, 1.82) is 0 Å². The smallest absolute Gasteiger partial charge is 0.217 e. The second kappa shape index (κ2) is 10.4. The van der Waals surface area contributed by atoms with Gasteiger partial charge < -0.3 is 5.11 Å². The van der Waals surface area contributed by atoms with Crippen molar-refractivity contribution in [3.05, 3.63) is 17.5 Å². The van der Waals surface area contributed by atoms with E-state index in [1.54, 1.807) is 0 Å². The lowest BCUT2D eigenvalue weighted by atomic mass is 9.64. The van der Waals surface area contributed by atoms with Crippen LogP contribution in [0, 0.1) is 24.7 Å². The molecule has 3 unspecified atom stereocenters. The Hall–Kier alpha value is -0.960. The molecule has 2 saturated carbocycles. The van der Waals surface area contributed by atoms with Gasteiger partial charge in [-0.25, -0.2) is 12.7 Å². The molecular weight excluding hydrogens is 460 g/mol. The number of aryl methyl sites for hydroxylation is 1. The molecule has 0 spiro atoms. The molecule has 3 heterocycles. The van der Waals surface area contributed by atoms with E-state index in [9.17, 15) is 13.5 Å². The van der Waals surface area contributed by atoms with Crippen molar-refractivity contribution in [2.75, 3.05) is 26.2 Å². The van der Waals surface area contributed by atoms with Crippen LogP contribution in [-0.4, -0.2) is 76.1 Å². The quantitative estimate of drug-likeness (QED) is 0.659. The first kappa shape index (κ1) is 25.7. The van der Waals surface area contributed by atoms with Gasteiger partial charge in [0.25, 0.3) is 0 Å². The number of aliphatic hydroxyl groups excluding tert-OH is 1. The second-order valence-corrected chi connectivity index (χ2v) is 14.1. The van der Waals surface area contributed by atoms with Gasteiger partial charge in [0.15, 0.2) is 0 Å². The predicted octanol–water partition coefficient (Wildman–Crippen LogP) is 3.67. The molecule has 7 nitrogen and oxygen atoms in total. The molecule has 5 rings (SSSR count). The summed E-state index contributed by atoms with van der Waals surface area (Å²) >= 11 is 0. The summed E-state index contributed by atoms with van der Waals surface area (Å²) in [5.41, 5.74) is 2.67. The minimum atomic E-state index is -3.29. The lowest BCUT2D eigenvalue weighted by Gasteiger charge is -2.60. The second-order valence-electron chi connectivity index (χ2n) is 12.0. The van der Waals surface area contributed by atoms with Crippen molar-refractivity contribution in [2.45, 2.75) is 101 Å². The summed E-state index contributed by atoms with van der Waals surface area (Å²) in [7, 11) is -1.27. The van der Waals surface area contributed by atoms with Gasteiger partial charge in [-0.3, -0.25) is 9.58 Å². The Morgan fingerprint density at radius 1 is 1.03 bits per heavy atom. The van der Waals surface area contributed by atoms with Gasteiger partial charge in [0.1, 0.15) is 0 Å². The molecule has 198 valence electrons. The Kier molecular flexibility index (Phi) is 7.65. The molecule has 5 atom stereocenters. The summed E-state index contributed by atoms with van der Waals surface area (Å²) in [5, 5.41) is 14.6. The largest absolute Gasteiger partial charge is 0.395 e. The molecule has 2 aliphatic heterocycles. The average Bonchev–Trinajstić information content (AvgIpc) is 3.16. The first-order valence-electron chi connectivity index (χ1n) is 14.2. The fraction of sp³-hybridized carbons (Fsp3) is 0.889. The standard InChI is InChI=1S/C27H46N4O3S/c1-19-8-4-5-9-26(19)35(33,34)30-14-6-7-15-31-24(17-30)27(25(31)18-32)22-12-10-21(11-13-22)23-16-28-29(3)20(23)2/h16,19,21-22,24-27,32H,4-15,17-18H2,1-3H3/t19?,21?,22?,24?,25-,26?,27+/m1/s1. The predicted molar refractivity (Wildman–Crippen MR) is 139 cm³/mol. The molecule has 1 aromatic rings. The van der Waals surface area contributed by atoms with Gasteiger partial charge in [0.2, 0.25) is 10.0 Å². The van der Waals surface area contributed by atoms with Gasteiger partial charge in [0, 0.05) is 37.9 Å². The highest BCUT2D eigenvalue weighted by atomic mass is 32.2. The molecule has 4 fully saturated rings. The number of nitrogens with zero attached hydrogens (tertiary/aromatic N) is 4. The molecule has 0 radical (unpaired) electrons. The van der Waals surface area contributed by atoms with Gasteiger partial charge in [-0.1, -0.05) is 19.8 Å². The van der Waals surface area contributed by atoms with E-state index >= 15 is 0 Å². The van der Waals surface area contributed by atoms with Gasteiger partial charge in [-0.15, -0.1) is 0 Å². The Balaban J connectivity index is 1.30. The average molecular weight is 507 g/mol. The zero-order chi connectivity index (χ0) is 24.7. The van der Waals surface area contributed by atoms with Crippen molar-refractivity contribution in [1.82, 2.24) is 19.0 Å². The van der Waals surface area contributed by atoms with Crippen LogP contribution in [0.25, 0.3) is 0 Å². The van der Waals surface area contributed by atoms with Crippen molar-refractivity contribution in [3.8, 4) is 0 Å². The van der Waals surface area contributed by atoms with E-state index in [1.807, 2.05) is 22.2 Å². The maximum atomic E-state index is 13.8. The highest BCUT2D eigenvalue weighted by Gasteiger charge is 2.53. The molecule has 1 aromatic heterocycles. The number of hydrogen-bond acceptors (Lipinski definition) is 5. The van der Waals surface area contributed by atoms with Gasteiger partial charge in [-0.2, -0.15) is 5.10 Å². The molecule has 8 heteroatoms. The summed E-state index contributed by atoms with van der Waals surface area (Å²) in [4.78, 5) is 2.45. The van der Waals surface area contributed by atoms with Crippen LogP contribution in [0.5, 0.6) is 0 Å². The third-order valence-corrected chi connectivity index (χ3v) is 12.7. The molecule has 0 bridgehead atoms. The molecule has 35 heavy (non-hydrogen) atoms. The third kappa shape index (κ3) is 4.73. The summed E-state index contributed by atoms with van der Waals surface area (Å²) in [5.74, 6) is 1.80. The topological polar surface area (TPSA) is 78.7 Å². The maximum absolute atomic E-state index is 13.8. The molecule has 0 amide bonds. The molecule has 1 N–H and O–H groups in total. The van der Waals surface area contributed by atoms with Crippen molar-refractivity contribution in [3.63, 3.8) is 0 Å². The van der Waals surface area contributed by atoms with Crippen LogP contribution in [-0.2, 0) is 17.1 Å². The Morgan fingerprint density at radius 3 is 2.40 bits per heavy atom. The number of aromatic nitrogens is 2. The van der Waals surface area contributed by atoms with Crippen LogP contribution in [0.4, 0.5) is 0 Å². The monoisotopic (exact) mass is 506 g/mol. The number of fused-ring (bicyclic) bond motifs is 1. The van der Waals surface area contributed by atoms with E-state index in [2.05, 4.69) is 23.8 Å². The maximum Gasteiger partial charge on any atom is 0.217 e. The molecular formula is C27H46N4O3S. The van der Waals surface area contributed by atoms with E-state index in [0.717, 1.165) is 57.9 Å². The van der Waals surface area contributed by atoms with Crippen molar-refractivity contribution in [2.24, 2.45) is 24.8 Å².